The predicted octanol–water partition coefficient (Wildman–Crippen LogP) is 4.16. The van der Waals surface area contributed by atoms with Crippen LogP contribution in [0.3, 0.4) is 0 Å². The van der Waals surface area contributed by atoms with E-state index < -0.39 is 0 Å². The van der Waals surface area contributed by atoms with Crippen LogP contribution in [-0.2, 0) is 5.88 Å². The molecule has 0 unspecified atom stereocenters. The van der Waals surface area contributed by atoms with Gasteiger partial charge in [0, 0.05) is 17.5 Å². The molecule has 0 amide bonds. The lowest BCUT2D eigenvalue weighted by molar-refractivity contribution is 1.07. The predicted molar refractivity (Wildman–Crippen MR) is 77.4 cm³/mol. The SMILES string of the molecule is Cl.ClCc1cccc2nc(-c3ccccc3)cn12. The maximum Gasteiger partial charge on any atom is 0.137 e. The molecule has 3 rings (SSSR count). The van der Waals surface area contributed by atoms with Crippen molar-refractivity contribution in [3.05, 3.63) is 60.4 Å². The molecule has 0 fully saturated rings. The third kappa shape index (κ3) is 2.22. The Labute approximate surface area is 117 Å². The first kappa shape index (κ1) is 12.9. The molecule has 0 bridgehead atoms. The summed E-state index contributed by atoms with van der Waals surface area (Å²) in [6, 6.07) is 16.1. The molecule has 0 atom stereocenters. The first-order valence-corrected chi connectivity index (χ1v) is 6.00. The zero-order chi connectivity index (χ0) is 11.7. The second-order valence-corrected chi connectivity index (χ2v) is 4.14. The van der Waals surface area contributed by atoms with Gasteiger partial charge in [-0.25, -0.2) is 4.98 Å². The summed E-state index contributed by atoms with van der Waals surface area (Å²) < 4.78 is 2.04. The second kappa shape index (κ2) is 5.42. The zero-order valence-corrected chi connectivity index (χ0v) is 11.2. The minimum Gasteiger partial charge on any atom is -0.302 e. The van der Waals surface area contributed by atoms with E-state index in [1.54, 1.807) is 0 Å². The molecule has 0 N–H and O–H groups in total. The second-order valence-electron chi connectivity index (χ2n) is 3.87. The van der Waals surface area contributed by atoms with Gasteiger partial charge >= 0.3 is 0 Å². The molecule has 2 aromatic heterocycles. The molecule has 0 saturated heterocycles. The largest absolute Gasteiger partial charge is 0.302 e. The summed E-state index contributed by atoms with van der Waals surface area (Å²) in [5.74, 6) is 0.488. The third-order valence-corrected chi connectivity index (χ3v) is 3.06. The van der Waals surface area contributed by atoms with Crippen LogP contribution >= 0.6 is 24.0 Å². The summed E-state index contributed by atoms with van der Waals surface area (Å²) in [7, 11) is 0. The van der Waals surface area contributed by atoms with E-state index in [0.717, 1.165) is 22.6 Å². The van der Waals surface area contributed by atoms with Gasteiger partial charge in [-0.3, -0.25) is 0 Å². The number of halogens is 2. The summed E-state index contributed by atoms with van der Waals surface area (Å²) in [5.41, 5.74) is 4.08. The van der Waals surface area contributed by atoms with Gasteiger partial charge in [0.25, 0.3) is 0 Å². The number of imidazole rings is 1. The first-order chi connectivity index (χ1) is 8.38. The summed E-state index contributed by atoms with van der Waals surface area (Å²) in [5, 5.41) is 0. The Morgan fingerprint density at radius 3 is 2.50 bits per heavy atom. The van der Waals surface area contributed by atoms with Crippen molar-refractivity contribution in [3.8, 4) is 11.3 Å². The van der Waals surface area contributed by atoms with Gasteiger partial charge in [0.2, 0.25) is 0 Å². The van der Waals surface area contributed by atoms with Crippen molar-refractivity contribution in [1.29, 1.82) is 0 Å². The first-order valence-electron chi connectivity index (χ1n) is 5.47. The molecule has 2 nitrogen and oxygen atoms in total. The molecule has 4 heteroatoms. The van der Waals surface area contributed by atoms with Crippen LogP contribution in [0.5, 0.6) is 0 Å². The highest BCUT2D eigenvalue weighted by Crippen LogP contribution is 2.20. The van der Waals surface area contributed by atoms with Gasteiger partial charge in [0.15, 0.2) is 0 Å². The van der Waals surface area contributed by atoms with Gasteiger partial charge in [-0.1, -0.05) is 36.4 Å². The Hall–Kier alpha value is -1.51. The summed E-state index contributed by atoms with van der Waals surface area (Å²) in [4.78, 5) is 4.60. The maximum absolute atomic E-state index is 5.91. The van der Waals surface area contributed by atoms with Crippen LogP contribution in [0.4, 0.5) is 0 Å². The number of aromatic nitrogens is 2. The number of alkyl halides is 1. The Balaban J connectivity index is 0.00000120. The van der Waals surface area contributed by atoms with Gasteiger partial charge in [0.05, 0.1) is 11.6 Å². The van der Waals surface area contributed by atoms with Crippen molar-refractivity contribution in [1.82, 2.24) is 9.38 Å². The molecule has 0 aliphatic rings. The molecule has 0 aliphatic heterocycles. The smallest absolute Gasteiger partial charge is 0.137 e. The van der Waals surface area contributed by atoms with E-state index >= 15 is 0 Å². The van der Waals surface area contributed by atoms with Crippen molar-refractivity contribution in [3.63, 3.8) is 0 Å². The molecule has 0 aliphatic carbocycles. The van der Waals surface area contributed by atoms with E-state index in [1.807, 2.05) is 47.0 Å². The third-order valence-electron chi connectivity index (χ3n) is 2.78. The number of pyridine rings is 1. The van der Waals surface area contributed by atoms with Crippen LogP contribution in [0.1, 0.15) is 5.69 Å². The fourth-order valence-electron chi connectivity index (χ4n) is 1.92. The van der Waals surface area contributed by atoms with Gasteiger partial charge in [0.1, 0.15) is 5.65 Å². The molecule has 3 aromatic rings. The lowest BCUT2D eigenvalue weighted by atomic mass is 10.2. The van der Waals surface area contributed by atoms with Crippen LogP contribution in [0, 0.1) is 0 Å². The molecule has 0 saturated carbocycles. The van der Waals surface area contributed by atoms with Crippen LogP contribution in [0.15, 0.2) is 54.7 Å². The van der Waals surface area contributed by atoms with Crippen LogP contribution in [-0.4, -0.2) is 9.38 Å². The van der Waals surface area contributed by atoms with E-state index in [4.69, 9.17) is 11.6 Å². The monoisotopic (exact) mass is 278 g/mol. The van der Waals surface area contributed by atoms with Crippen molar-refractivity contribution in [2.75, 3.05) is 0 Å². The summed E-state index contributed by atoms with van der Waals surface area (Å²) >= 11 is 5.91. The minimum atomic E-state index is 0. The number of hydrogen-bond acceptors (Lipinski definition) is 1. The van der Waals surface area contributed by atoms with Crippen LogP contribution < -0.4 is 0 Å². The molecule has 18 heavy (non-hydrogen) atoms. The van der Waals surface area contributed by atoms with E-state index in [0.29, 0.717) is 5.88 Å². The zero-order valence-electron chi connectivity index (χ0n) is 9.58. The van der Waals surface area contributed by atoms with Crippen molar-refractivity contribution in [2.24, 2.45) is 0 Å². The van der Waals surface area contributed by atoms with Gasteiger partial charge < -0.3 is 4.40 Å². The molecule has 1 aromatic carbocycles. The lowest BCUT2D eigenvalue weighted by Crippen LogP contribution is -1.90. The molecule has 0 radical (unpaired) electrons. The molecule has 92 valence electrons. The van der Waals surface area contributed by atoms with Crippen molar-refractivity contribution in [2.45, 2.75) is 5.88 Å². The minimum absolute atomic E-state index is 0. The number of rotatable bonds is 2. The highest BCUT2D eigenvalue weighted by Gasteiger charge is 2.05. The molecular weight excluding hydrogens is 267 g/mol. The number of hydrogen-bond donors (Lipinski definition) is 0. The fraction of sp³-hybridized carbons (Fsp3) is 0.0714. The van der Waals surface area contributed by atoms with E-state index in [9.17, 15) is 0 Å². The van der Waals surface area contributed by atoms with Crippen LogP contribution in [0.25, 0.3) is 16.9 Å². The average Bonchev–Trinajstić information content (AvgIpc) is 2.83. The van der Waals surface area contributed by atoms with E-state index in [2.05, 4.69) is 17.1 Å². The van der Waals surface area contributed by atoms with Crippen molar-refractivity contribution < 1.29 is 0 Å². The van der Waals surface area contributed by atoms with Gasteiger partial charge in [-0.2, -0.15) is 0 Å². The topological polar surface area (TPSA) is 17.3 Å². The van der Waals surface area contributed by atoms with E-state index in [1.165, 1.54) is 0 Å². The molecule has 2 heterocycles. The van der Waals surface area contributed by atoms with E-state index in [-0.39, 0.29) is 12.4 Å². The van der Waals surface area contributed by atoms with Gasteiger partial charge in [-0.15, -0.1) is 24.0 Å². The number of nitrogens with zero attached hydrogens (tertiary/aromatic N) is 2. The maximum atomic E-state index is 5.91. The highest BCUT2D eigenvalue weighted by atomic mass is 35.5. The normalized spacial score (nSPS) is 10.3. The summed E-state index contributed by atoms with van der Waals surface area (Å²) in [6.45, 7) is 0. The number of benzene rings is 1. The fourth-order valence-corrected chi connectivity index (χ4v) is 2.14. The van der Waals surface area contributed by atoms with Crippen LogP contribution in [0.2, 0.25) is 0 Å². The average molecular weight is 279 g/mol. The Kier molecular flexibility index (Phi) is 3.90. The quantitative estimate of drug-likeness (QED) is 0.644. The number of fused-ring (bicyclic) bond motifs is 1. The van der Waals surface area contributed by atoms with Crippen molar-refractivity contribution >= 4 is 29.7 Å². The summed E-state index contributed by atoms with van der Waals surface area (Å²) in [6.07, 6.45) is 2.03. The standard InChI is InChI=1S/C14H11ClN2.ClH/c15-9-12-7-4-8-14-16-13(10-17(12)14)11-5-2-1-3-6-11;/h1-8,10H,9H2;1H. The highest BCUT2D eigenvalue weighted by molar-refractivity contribution is 6.16. The Morgan fingerprint density at radius 2 is 1.78 bits per heavy atom. The Bertz CT molecular complexity index is 647. The van der Waals surface area contributed by atoms with Gasteiger partial charge in [-0.05, 0) is 12.1 Å². The lowest BCUT2D eigenvalue weighted by Gasteiger charge is -1.98. The molecule has 0 spiro atoms. The Morgan fingerprint density at radius 1 is 1.00 bits per heavy atom. The molecular formula is C14H12Cl2N2.